The van der Waals surface area contributed by atoms with Crippen LogP contribution in [0, 0.1) is 5.82 Å². The predicted molar refractivity (Wildman–Crippen MR) is 126 cm³/mol. The fraction of sp³-hybridized carbons (Fsp3) is 0.333. The molecule has 0 amide bonds. The molecule has 0 atom stereocenters. The second kappa shape index (κ2) is 8.92. The third kappa shape index (κ3) is 4.10. The first-order valence-corrected chi connectivity index (χ1v) is 11.3. The number of fused-ring (bicyclic) bond motifs is 3. The fourth-order valence-electron chi connectivity index (χ4n) is 4.37. The zero-order valence-corrected chi connectivity index (χ0v) is 18.7. The van der Waals surface area contributed by atoms with Gasteiger partial charge >= 0.3 is 0 Å². The average molecular weight is 457 g/mol. The van der Waals surface area contributed by atoms with Crippen LogP contribution in [0.2, 0.25) is 5.02 Å². The van der Waals surface area contributed by atoms with Gasteiger partial charge in [0, 0.05) is 23.2 Å². The standard InChI is InChI=1S/C24H26ClFN4O2/c1-31-21-14-17-15(12-22(21)32-10-4-9-30-7-2-3-8-30)11-18-23(17)28-29-24(18)27-16-5-6-20(26)19(25)13-16/h5-6,11-14,27-29H,2-4,7-10H2,1H3. The summed E-state index contributed by atoms with van der Waals surface area (Å²) in [6.07, 6.45) is 3.60. The zero-order valence-electron chi connectivity index (χ0n) is 17.9. The highest BCUT2D eigenvalue weighted by Crippen LogP contribution is 2.43. The maximum Gasteiger partial charge on any atom is 0.161 e. The summed E-state index contributed by atoms with van der Waals surface area (Å²) in [6.45, 7) is 4.13. The molecule has 3 N–H and O–H groups in total. The normalized spacial score (nSPS) is 14.5. The van der Waals surface area contributed by atoms with Gasteiger partial charge in [0.15, 0.2) is 11.5 Å². The van der Waals surface area contributed by atoms with Gasteiger partial charge in [0.25, 0.3) is 0 Å². The number of halogens is 2. The minimum atomic E-state index is -0.445. The maximum atomic E-state index is 13.5. The first-order chi connectivity index (χ1) is 15.6. The fourth-order valence-corrected chi connectivity index (χ4v) is 4.55. The van der Waals surface area contributed by atoms with Gasteiger partial charge in [-0.05, 0) is 74.1 Å². The Balaban J connectivity index is 1.36. The van der Waals surface area contributed by atoms with Crippen molar-refractivity contribution in [3.8, 4) is 22.8 Å². The van der Waals surface area contributed by atoms with Crippen LogP contribution in [-0.2, 0) is 0 Å². The van der Waals surface area contributed by atoms with Gasteiger partial charge in [-0.2, -0.15) is 0 Å². The van der Waals surface area contributed by atoms with Gasteiger partial charge in [0.1, 0.15) is 11.6 Å². The summed E-state index contributed by atoms with van der Waals surface area (Å²) < 4.78 is 25.2. The number of nitrogens with one attached hydrogen (secondary N) is 3. The zero-order chi connectivity index (χ0) is 22.1. The number of hydrogen-bond donors (Lipinski definition) is 3. The number of H-pyrrole nitrogens is 2. The van der Waals surface area contributed by atoms with E-state index in [9.17, 15) is 4.39 Å². The number of rotatable bonds is 8. The van der Waals surface area contributed by atoms with Gasteiger partial charge in [-0.15, -0.1) is 0 Å². The second-order valence-electron chi connectivity index (χ2n) is 8.15. The number of benzene rings is 2. The SMILES string of the molecule is COc1cc2c3[nH][nH]c(Nc4ccc(F)c(Cl)c4)c-3cc2cc1OCCCN1CCCC1. The van der Waals surface area contributed by atoms with E-state index in [1.807, 2.05) is 12.1 Å². The van der Waals surface area contributed by atoms with E-state index in [1.54, 1.807) is 19.2 Å². The molecule has 1 aliphatic carbocycles. The smallest absolute Gasteiger partial charge is 0.161 e. The molecular formula is C24H26ClFN4O2. The third-order valence-electron chi connectivity index (χ3n) is 6.02. The number of aromatic amines is 2. The van der Waals surface area contributed by atoms with Crippen molar-refractivity contribution < 1.29 is 13.9 Å². The number of hydrogen-bond acceptors (Lipinski definition) is 4. The Bertz CT molecular complexity index is 1200. The highest BCUT2D eigenvalue weighted by molar-refractivity contribution is 6.31. The molecule has 6 nitrogen and oxygen atoms in total. The molecule has 2 aromatic rings. The number of methoxy groups -OCH3 is 1. The van der Waals surface area contributed by atoms with Gasteiger partial charge in [0.05, 0.1) is 24.4 Å². The predicted octanol–water partition coefficient (Wildman–Crippen LogP) is 6.01. The van der Waals surface area contributed by atoms with Crippen LogP contribution in [0.5, 0.6) is 11.5 Å². The Morgan fingerprint density at radius 2 is 1.94 bits per heavy atom. The van der Waals surface area contributed by atoms with Crippen LogP contribution in [0.15, 0.2) is 36.4 Å². The van der Waals surface area contributed by atoms with Crippen molar-refractivity contribution in [3.05, 3.63) is 47.2 Å². The molecule has 1 fully saturated rings. The Labute approximate surface area is 191 Å². The van der Waals surface area contributed by atoms with E-state index < -0.39 is 5.82 Å². The molecule has 168 valence electrons. The summed E-state index contributed by atoms with van der Waals surface area (Å²) >= 11 is 5.91. The minimum absolute atomic E-state index is 0.0747. The molecule has 32 heavy (non-hydrogen) atoms. The van der Waals surface area contributed by atoms with Crippen molar-refractivity contribution in [2.24, 2.45) is 0 Å². The molecule has 2 heterocycles. The van der Waals surface area contributed by atoms with Crippen LogP contribution in [0.1, 0.15) is 19.3 Å². The topological polar surface area (TPSA) is 65.3 Å². The number of anilines is 2. The van der Waals surface area contributed by atoms with E-state index in [2.05, 4.69) is 26.5 Å². The summed E-state index contributed by atoms with van der Waals surface area (Å²) in [6, 6.07) is 10.7. The van der Waals surface area contributed by atoms with E-state index in [0.717, 1.165) is 46.6 Å². The third-order valence-corrected chi connectivity index (χ3v) is 6.31. The van der Waals surface area contributed by atoms with E-state index in [4.69, 9.17) is 21.1 Å². The van der Waals surface area contributed by atoms with Gasteiger partial charge < -0.3 is 19.7 Å². The molecule has 2 aliphatic heterocycles. The van der Waals surface area contributed by atoms with Crippen molar-refractivity contribution in [2.75, 3.05) is 38.7 Å². The molecule has 3 aliphatic rings. The molecule has 5 rings (SSSR count). The lowest BCUT2D eigenvalue weighted by Gasteiger charge is -2.15. The van der Waals surface area contributed by atoms with Crippen molar-refractivity contribution in [1.82, 2.24) is 15.1 Å². The van der Waals surface area contributed by atoms with Gasteiger partial charge in [-0.25, -0.2) is 4.39 Å². The lowest BCUT2D eigenvalue weighted by Crippen LogP contribution is -2.21. The van der Waals surface area contributed by atoms with Crippen LogP contribution in [0.3, 0.4) is 0 Å². The summed E-state index contributed by atoms with van der Waals surface area (Å²) in [5, 5.41) is 11.8. The summed E-state index contributed by atoms with van der Waals surface area (Å²) in [5.74, 6) is 1.78. The van der Waals surface area contributed by atoms with Crippen molar-refractivity contribution >= 4 is 33.9 Å². The molecule has 0 saturated carbocycles. The molecule has 1 saturated heterocycles. The Hall–Kier alpha value is -2.90. The number of likely N-dealkylation sites (tertiary alicyclic amines) is 1. The van der Waals surface area contributed by atoms with Crippen LogP contribution >= 0.6 is 11.6 Å². The molecule has 0 spiro atoms. The monoisotopic (exact) mass is 456 g/mol. The molecular weight excluding hydrogens is 431 g/mol. The summed E-state index contributed by atoms with van der Waals surface area (Å²) in [5.41, 5.74) is 2.63. The van der Waals surface area contributed by atoms with E-state index in [0.29, 0.717) is 18.0 Å². The molecule has 0 radical (unpaired) electrons. The highest BCUT2D eigenvalue weighted by atomic mass is 35.5. The molecule has 0 bridgehead atoms. The summed E-state index contributed by atoms with van der Waals surface area (Å²) in [4.78, 5) is 2.49. The van der Waals surface area contributed by atoms with Crippen molar-refractivity contribution in [3.63, 3.8) is 0 Å². The first kappa shape index (κ1) is 21.0. The summed E-state index contributed by atoms with van der Waals surface area (Å²) in [7, 11) is 1.66. The van der Waals surface area contributed by atoms with Crippen LogP contribution in [0.25, 0.3) is 22.0 Å². The first-order valence-electron chi connectivity index (χ1n) is 10.9. The maximum absolute atomic E-state index is 13.5. The molecule has 0 unspecified atom stereocenters. The van der Waals surface area contributed by atoms with Crippen LogP contribution in [0.4, 0.5) is 15.9 Å². The van der Waals surface area contributed by atoms with Gasteiger partial charge in [0.2, 0.25) is 0 Å². The number of aromatic nitrogens is 2. The lowest BCUT2D eigenvalue weighted by molar-refractivity contribution is 0.254. The van der Waals surface area contributed by atoms with E-state index in [1.165, 1.54) is 32.0 Å². The molecule has 8 heteroatoms. The Kier molecular flexibility index (Phi) is 5.85. The highest BCUT2D eigenvalue weighted by Gasteiger charge is 2.20. The Morgan fingerprint density at radius 1 is 1.09 bits per heavy atom. The molecule has 0 aromatic heterocycles. The van der Waals surface area contributed by atoms with Crippen LogP contribution < -0.4 is 14.8 Å². The lowest BCUT2D eigenvalue weighted by atomic mass is 10.2. The van der Waals surface area contributed by atoms with Gasteiger partial charge in [-0.3, -0.25) is 10.2 Å². The average Bonchev–Trinajstić information content (AvgIpc) is 3.51. The van der Waals surface area contributed by atoms with Crippen molar-refractivity contribution in [2.45, 2.75) is 19.3 Å². The van der Waals surface area contributed by atoms with E-state index >= 15 is 0 Å². The van der Waals surface area contributed by atoms with Crippen molar-refractivity contribution in [1.29, 1.82) is 0 Å². The quantitative estimate of drug-likeness (QED) is 0.284. The number of ether oxygens (including phenoxy) is 2. The second-order valence-corrected chi connectivity index (χ2v) is 8.56. The molecule has 2 aromatic carbocycles. The van der Waals surface area contributed by atoms with Crippen LogP contribution in [-0.4, -0.2) is 48.4 Å². The van der Waals surface area contributed by atoms with Gasteiger partial charge in [-0.1, -0.05) is 11.6 Å². The largest absolute Gasteiger partial charge is 0.493 e. The Morgan fingerprint density at radius 3 is 2.72 bits per heavy atom. The van der Waals surface area contributed by atoms with E-state index in [-0.39, 0.29) is 5.02 Å². The minimum Gasteiger partial charge on any atom is -0.493 e. The number of nitrogens with zero attached hydrogens (tertiary/aromatic N) is 1.